The van der Waals surface area contributed by atoms with Crippen molar-refractivity contribution in [3.63, 3.8) is 0 Å². The third-order valence-corrected chi connectivity index (χ3v) is 4.05. The molecule has 0 atom stereocenters. The van der Waals surface area contributed by atoms with E-state index in [-0.39, 0.29) is 0 Å². The molecule has 3 nitrogen and oxygen atoms in total. The molecule has 1 aliphatic heterocycles. The van der Waals surface area contributed by atoms with Gasteiger partial charge in [-0.2, -0.15) is 0 Å². The monoisotopic (exact) mass is 232 g/mol. The van der Waals surface area contributed by atoms with Crippen molar-refractivity contribution >= 4 is 5.69 Å². The summed E-state index contributed by atoms with van der Waals surface area (Å²) >= 11 is 0. The normalized spacial score (nSPS) is 20.9. The smallest absolute Gasteiger partial charge is 0.142 e. The maximum absolute atomic E-state index is 5.70. The van der Waals surface area contributed by atoms with Crippen molar-refractivity contribution in [2.24, 2.45) is 11.1 Å². The second-order valence-electron chi connectivity index (χ2n) is 5.31. The Kier molecular flexibility index (Phi) is 2.71. The van der Waals surface area contributed by atoms with Crippen LogP contribution < -0.4 is 15.4 Å². The van der Waals surface area contributed by atoms with Gasteiger partial charge in [0, 0.05) is 25.0 Å². The molecule has 1 aromatic rings. The molecular formula is C14H20N2O. The third-order valence-electron chi connectivity index (χ3n) is 4.05. The average molecular weight is 232 g/mol. The highest BCUT2D eigenvalue weighted by atomic mass is 16.5. The zero-order chi connectivity index (χ0) is 11.7. The van der Waals surface area contributed by atoms with E-state index in [4.69, 9.17) is 10.5 Å². The van der Waals surface area contributed by atoms with E-state index in [2.05, 4.69) is 17.0 Å². The fraction of sp³-hybridized carbons (Fsp3) is 0.571. The molecule has 0 unspecified atom stereocenters. The Morgan fingerprint density at radius 2 is 2.00 bits per heavy atom. The lowest BCUT2D eigenvalue weighted by atomic mass is 9.63. The highest BCUT2D eigenvalue weighted by molar-refractivity contribution is 5.60. The number of hydrogen-bond donors (Lipinski definition) is 1. The molecule has 3 heteroatoms. The molecule has 2 aliphatic rings. The Labute approximate surface area is 103 Å². The molecule has 1 saturated heterocycles. The number of nitrogens with two attached hydrogens (primary N) is 1. The average Bonchev–Trinajstić information content (AvgIpc) is 2.24. The van der Waals surface area contributed by atoms with E-state index in [0.29, 0.717) is 18.6 Å². The fourth-order valence-electron chi connectivity index (χ4n) is 2.94. The molecule has 17 heavy (non-hydrogen) atoms. The van der Waals surface area contributed by atoms with Gasteiger partial charge < -0.3 is 15.4 Å². The van der Waals surface area contributed by atoms with Crippen LogP contribution in [0.4, 0.5) is 5.69 Å². The van der Waals surface area contributed by atoms with E-state index in [1.807, 2.05) is 12.1 Å². The van der Waals surface area contributed by atoms with Gasteiger partial charge in [0.05, 0.1) is 5.69 Å². The number of benzene rings is 1. The van der Waals surface area contributed by atoms with Crippen LogP contribution >= 0.6 is 0 Å². The minimum absolute atomic E-state index is 0.568. The first-order valence-electron chi connectivity index (χ1n) is 6.50. The molecule has 0 aromatic heterocycles. The summed E-state index contributed by atoms with van der Waals surface area (Å²) in [5.74, 6) is 0.979. The zero-order valence-electron chi connectivity index (χ0n) is 10.2. The van der Waals surface area contributed by atoms with Crippen molar-refractivity contribution < 1.29 is 4.74 Å². The van der Waals surface area contributed by atoms with Crippen LogP contribution in [0.25, 0.3) is 0 Å². The summed E-state index contributed by atoms with van der Waals surface area (Å²) in [6.45, 7) is 3.57. The molecule has 3 rings (SSSR count). The quantitative estimate of drug-likeness (QED) is 0.863. The topological polar surface area (TPSA) is 38.5 Å². The molecule has 92 valence electrons. The first-order chi connectivity index (χ1) is 8.33. The van der Waals surface area contributed by atoms with Gasteiger partial charge in [0.25, 0.3) is 0 Å². The summed E-state index contributed by atoms with van der Waals surface area (Å²) < 4.78 is 5.70. The summed E-state index contributed by atoms with van der Waals surface area (Å²) in [7, 11) is 0. The van der Waals surface area contributed by atoms with Crippen LogP contribution in [0.1, 0.15) is 19.3 Å². The molecule has 1 aromatic carbocycles. The van der Waals surface area contributed by atoms with Gasteiger partial charge >= 0.3 is 0 Å². The standard InChI is InChI=1S/C14H20N2O/c15-8-9-17-13-5-2-1-4-12(13)16-10-14(11-16)6-3-7-14/h1-2,4-5H,3,6-11,15H2. The largest absolute Gasteiger partial charge is 0.490 e. The number of ether oxygens (including phenoxy) is 1. The van der Waals surface area contributed by atoms with Crippen molar-refractivity contribution in [1.82, 2.24) is 0 Å². The van der Waals surface area contributed by atoms with Gasteiger partial charge in [-0.3, -0.25) is 0 Å². The molecule has 2 fully saturated rings. The first-order valence-corrected chi connectivity index (χ1v) is 6.50. The number of anilines is 1. The second kappa shape index (κ2) is 4.22. The Balaban J connectivity index is 1.70. The van der Waals surface area contributed by atoms with E-state index < -0.39 is 0 Å². The van der Waals surface area contributed by atoms with Crippen molar-refractivity contribution in [1.29, 1.82) is 0 Å². The number of hydrogen-bond acceptors (Lipinski definition) is 3. The molecule has 2 N–H and O–H groups in total. The zero-order valence-corrected chi connectivity index (χ0v) is 10.2. The van der Waals surface area contributed by atoms with E-state index in [0.717, 1.165) is 5.75 Å². The van der Waals surface area contributed by atoms with E-state index in [1.165, 1.54) is 38.0 Å². The maximum Gasteiger partial charge on any atom is 0.142 e. The molecule has 1 spiro atoms. The molecular weight excluding hydrogens is 212 g/mol. The molecule has 0 radical (unpaired) electrons. The molecule has 0 amide bonds. The van der Waals surface area contributed by atoms with Crippen LogP contribution in [0.15, 0.2) is 24.3 Å². The van der Waals surface area contributed by atoms with Crippen molar-refractivity contribution in [2.45, 2.75) is 19.3 Å². The Morgan fingerprint density at radius 1 is 1.24 bits per heavy atom. The van der Waals surface area contributed by atoms with Gasteiger partial charge in [0.2, 0.25) is 0 Å². The molecule has 1 saturated carbocycles. The molecule has 1 aliphatic carbocycles. The highest BCUT2D eigenvalue weighted by Crippen LogP contribution is 2.50. The number of rotatable bonds is 4. The highest BCUT2D eigenvalue weighted by Gasteiger charge is 2.47. The van der Waals surface area contributed by atoms with Crippen LogP contribution in [-0.4, -0.2) is 26.2 Å². The second-order valence-corrected chi connectivity index (χ2v) is 5.31. The maximum atomic E-state index is 5.70. The summed E-state index contributed by atoms with van der Waals surface area (Å²) in [5.41, 5.74) is 7.37. The number of para-hydroxylation sites is 2. The van der Waals surface area contributed by atoms with Gasteiger partial charge in [0.15, 0.2) is 0 Å². The number of nitrogens with zero attached hydrogens (tertiary/aromatic N) is 1. The summed E-state index contributed by atoms with van der Waals surface area (Å²) in [6, 6.07) is 8.29. The molecule has 0 bridgehead atoms. The van der Waals surface area contributed by atoms with E-state index in [1.54, 1.807) is 0 Å². The summed E-state index contributed by atoms with van der Waals surface area (Å²) in [4.78, 5) is 2.44. The van der Waals surface area contributed by atoms with E-state index in [9.17, 15) is 0 Å². The van der Waals surface area contributed by atoms with Crippen molar-refractivity contribution in [2.75, 3.05) is 31.1 Å². The van der Waals surface area contributed by atoms with Crippen LogP contribution in [-0.2, 0) is 0 Å². The van der Waals surface area contributed by atoms with E-state index >= 15 is 0 Å². The molecule has 1 heterocycles. The van der Waals surface area contributed by atoms with Crippen molar-refractivity contribution in [3.8, 4) is 5.75 Å². The minimum atomic E-state index is 0.568. The fourth-order valence-corrected chi connectivity index (χ4v) is 2.94. The predicted octanol–water partition coefficient (Wildman–Crippen LogP) is 2.01. The lowest BCUT2D eigenvalue weighted by Crippen LogP contribution is -2.59. The Bertz CT molecular complexity index is 393. The Morgan fingerprint density at radius 3 is 2.65 bits per heavy atom. The van der Waals surface area contributed by atoms with Gasteiger partial charge in [-0.05, 0) is 25.0 Å². The predicted molar refractivity (Wildman–Crippen MR) is 69.5 cm³/mol. The summed E-state index contributed by atoms with van der Waals surface area (Å²) in [6.07, 6.45) is 4.24. The van der Waals surface area contributed by atoms with Crippen LogP contribution in [0.5, 0.6) is 5.75 Å². The minimum Gasteiger partial charge on any atom is -0.490 e. The SMILES string of the molecule is NCCOc1ccccc1N1CC2(CCC2)C1. The lowest BCUT2D eigenvalue weighted by Gasteiger charge is -2.57. The van der Waals surface area contributed by atoms with Gasteiger partial charge in [-0.1, -0.05) is 18.6 Å². The van der Waals surface area contributed by atoms with Gasteiger partial charge in [-0.15, -0.1) is 0 Å². The van der Waals surface area contributed by atoms with Gasteiger partial charge in [-0.25, -0.2) is 0 Å². The summed E-state index contributed by atoms with van der Waals surface area (Å²) in [5, 5.41) is 0. The van der Waals surface area contributed by atoms with Gasteiger partial charge in [0.1, 0.15) is 12.4 Å². The third kappa shape index (κ3) is 1.89. The van der Waals surface area contributed by atoms with Crippen molar-refractivity contribution in [3.05, 3.63) is 24.3 Å². The Hall–Kier alpha value is -1.22. The van der Waals surface area contributed by atoms with Crippen LogP contribution in [0.2, 0.25) is 0 Å². The van der Waals surface area contributed by atoms with Crippen LogP contribution in [0.3, 0.4) is 0 Å². The first kappa shape index (κ1) is 10.9. The van der Waals surface area contributed by atoms with Crippen LogP contribution in [0, 0.1) is 5.41 Å². The lowest BCUT2D eigenvalue weighted by molar-refractivity contribution is 0.0898.